The van der Waals surface area contributed by atoms with E-state index in [0.29, 0.717) is 13.1 Å². The van der Waals surface area contributed by atoms with Crippen LogP contribution in [0.5, 0.6) is 11.5 Å². The van der Waals surface area contributed by atoms with Crippen molar-refractivity contribution in [2.75, 3.05) is 20.8 Å². The summed E-state index contributed by atoms with van der Waals surface area (Å²) >= 11 is 0. The molecule has 37 heavy (non-hydrogen) atoms. The van der Waals surface area contributed by atoms with E-state index in [4.69, 9.17) is 14.2 Å². The number of rotatable bonds is 7. The highest BCUT2D eigenvalue weighted by Gasteiger charge is 2.62. The zero-order chi connectivity index (χ0) is 25.1. The Morgan fingerprint density at radius 3 is 2.81 bits per heavy atom. The second-order valence-corrected chi connectivity index (χ2v) is 10.3. The molecule has 0 saturated carbocycles. The Kier molecular flexibility index (Phi) is 5.16. The van der Waals surface area contributed by atoms with Crippen LogP contribution in [0.4, 0.5) is 0 Å². The highest BCUT2D eigenvalue weighted by molar-refractivity contribution is 5.67. The Morgan fingerprint density at radius 2 is 2.00 bits per heavy atom. The molecule has 1 N–H and O–H groups in total. The van der Waals surface area contributed by atoms with Crippen molar-refractivity contribution in [1.29, 1.82) is 0 Å². The summed E-state index contributed by atoms with van der Waals surface area (Å²) in [4.78, 5) is 2.51. The van der Waals surface area contributed by atoms with Gasteiger partial charge in [0, 0.05) is 30.9 Å². The van der Waals surface area contributed by atoms with Gasteiger partial charge < -0.3 is 19.3 Å². The van der Waals surface area contributed by atoms with E-state index in [-0.39, 0.29) is 17.6 Å². The molecule has 2 aliphatic carbocycles. The Labute approximate surface area is 215 Å². The zero-order valence-electron chi connectivity index (χ0n) is 21.0. The summed E-state index contributed by atoms with van der Waals surface area (Å²) in [6.45, 7) is 1.98. The van der Waals surface area contributed by atoms with Crippen LogP contribution in [0.25, 0.3) is 0 Å². The van der Waals surface area contributed by atoms with Gasteiger partial charge in [-0.1, -0.05) is 47.7 Å². The van der Waals surface area contributed by atoms with Crippen molar-refractivity contribution in [2.45, 2.75) is 49.6 Å². The van der Waals surface area contributed by atoms with Crippen LogP contribution in [0.15, 0.2) is 72.1 Å². The molecule has 8 nitrogen and oxygen atoms in total. The zero-order valence-corrected chi connectivity index (χ0v) is 21.0. The van der Waals surface area contributed by atoms with Gasteiger partial charge in [-0.25, -0.2) is 4.68 Å². The average Bonchev–Trinajstić information content (AvgIpc) is 3.52. The van der Waals surface area contributed by atoms with Crippen LogP contribution in [0.1, 0.15) is 34.9 Å². The first-order chi connectivity index (χ1) is 18.1. The van der Waals surface area contributed by atoms with E-state index >= 15 is 0 Å². The fraction of sp³-hybridized carbons (Fsp3) is 0.379. The maximum absolute atomic E-state index is 10.6. The number of methoxy groups -OCH3 is 2. The Bertz CT molecular complexity index is 1410. The predicted octanol–water partition coefficient (Wildman–Crippen LogP) is 3.32. The second kappa shape index (κ2) is 8.46. The van der Waals surface area contributed by atoms with Crippen LogP contribution in [-0.2, 0) is 29.7 Å². The maximum Gasteiger partial charge on any atom is 0.169 e. The van der Waals surface area contributed by atoms with Gasteiger partial charge in [-0.2, -0.15) is 0 Å². The third kappa shape index (κ3) is 3.29. The summed E-state index contributed by atoms with van der Waals surface area (Å²) in [5, 5.41) is 19.4. The third-order valence-corrected chi connectivity index (χ3v) is 8.50. The number of hydrogen-bond donors (Lipinski definition) is 1. The van der Waals surface area contributed by atoms with Gasteiger partial charge in [0.2, 0.25) is 0 Å². The maximum atomic E-state index is 10.6. The van der Waals surface area contributed by atoms with Crippen LogP contribution in [0.3, 0.4) is 0 Å². The predicted molar refractivity (Wildman–Crippen MR) is 136 cm³/mol. The normalized spacial score (nSPS) is 26.0. The van der Waals surface area contributed by atoms with Crippen molar-refractivity contribution < 1.29 is 19.3 Å². The molecule has 1 saturated heterocycles. The van der Waals surface area contributed by atoms with Crippen molar-refractivity contribution >= 4 is 0 Å². The molecular formula is C29H30N4O4. The second-order valence-electron chi connectivity index (χ2n) is 10.3. The number of piperidine rings is 1. The van der Waals surface area contributed by atoms with Crippen molar-refractivity contribution in [3.8, 4) is 11.5 Å². The molecule has 7 rings (SSSR count). The van der Waals surface area contributed by atoms with E-state index in [0.717, 1.165) is 47.9 Å². The minimum absolute atomic E-state index is 0.173. The first-order valence-electron chi connectivity index (χ1n) is 12.8. The van der Waals surface area contributed by atoms with Gasteiger partial charge in [-0.05, 0) is 41.7 Å². The number of benzene rings is 2. The minimum atomic E-state index is -0.625. The standard InChI is InChI=1S/C29H30N4O4/c1-35-24-10-8-19-14-22-21-9-11-25(36-2)28-29(21,26(19)27(24)37-28)12-13-32(22)15-20-16-33(31-30-20)17-23(34)18-6-4-3-5-7-18/h3-11,16,22-23,28,34H,12-15,17H2,1-2H3. The quantitative estimate of drug-likeness (QED) is 0.535. The van der Waals surface area contributed by atoms with E-state index in [1.54, 1.807) is 18.9 Å². The summed E-state index contributed by atoms with van der Waals surface area (Å²) in [5.74, 6) is 2.52. The SMILES string of the molecule is COC1=CC=C2C3Cc4ccc(OC)c5c4C2(CCN3Cc2cn(CC(O)c3ccccc3)nn2)C1O5. The van der Waals surface area contributed by atoms with E-state index < -0.39 is 6.10 Å². The number of aromatic nitrogens is 3. The first-order valence-corrected chi connectivity index (χ1v) is 12.8. The van der Waals surface area contributed by atoms with Crippen LogP contribution >= 0.6 is 0 Å². The molecule has 4 atom stereocenters. The molecule has 3 heterocycles. The van der Waals surface area contributed by atoms with Gasteiger partial charge >= 0.3 is 0 Å². The highest BCUT2D eigenvalue weighted by Crippen LogP contribution is 2.62. The molecule has 2 aliphatic heterocycles. The van der Waals surface area contributed by atoms with Gasteiger partial charge in [-0.15, -0.1) is 5.10 Å². The van der Waals surface area contributed by atoms with Gasteiger partial charge in [0.05, 0.1) is 38.0 Å². The number of nitrogens with zero attached hydrogens (tertiary/aromatic N) is 4. The first kappa shape index (κ1) is 22.6. The van der Waals surface area contributed by atoms with Crippen LogP contribution < -0.4 is 9.47 Å². The van der Waals surface area contributed by atoms with Gasteiger partial charge in [0.1, 0.15) is 5.76 Å². The molecule has 2 bridgehead atoms. The average molecular weight is 499 g/mol. The number of ether oxygens (including phenoxy) is 3. The number of likely N-dealkylation sites (tertiary alicyclic amines) is 1. The largest absolute Gasteiger partial charge is 0.497 e. The molecule has 1 aromatic heterocycles. The van der Waals surface area contributed by atoms with Crippen molar-refractivity contribution in [3.05, 3.63) is 94.5 Å². The minimum Gasteiger partial charge on any atom is -0.497 e. The molecule has 0 amide bonds. The molecule has 0 radical (unpaired) electrons. The Balaban J connectivity index is 1.18. The van der Waals surface area contributed by atoms with Gasteiger partial charge in [0.15, 0.2) is 17.6 Å². The molecule has 1 fully saturated rings. The Morgan fingerprint density at radius 1 is 1.14 bits per heavy atom. The number of allylic oxidation sites excluding steroid dienone is 2. The van der Waals surface area contributed by atoms with Gasteiger partial charge in [0.25, 0.3) is 0 Å². The lowest BCUT2D eigenvalue weighted by Crippen LogP contribution is -2.59. The smallest absolute Gasteiger partial charge is 0.169 e. The van der Waals surface area contributed by atoms with E-state index in [2.05, 4.69) is 33.4 Å². The van der Waals surface area contributed by atoms with Crippen molar-refractivity contribution in [1.82, 2.24) is 19.9 Å². The lowest BCUT2D eigenvalue weighted by Gasteiger charge is -2.53. The van der Waals surface area contributed by atoms with Crippen LogP contribution in [0.2, 0.25) is 0 Å². The molecular weight excluding hydrogens is 468 g/mol. The molecule has 8 heteroatoms. The van der Waals surface area contributed by atoms with E-state index in [9.17, 15) is 5.11 Å². The van der Waals surface area contributed by atoms with Gasteiger partial charge in [-0.3, -0.25) is 4.90 Å². The Hall–Kier alpha value is -3.62. The lowest BCUT2D eigenvalue weighted by atomic mass is 9.57. The number of aliphatic hydroxyl groups is 1. The summed E-state index contributed by atoms with van der Waals surface area (Å²) in [6.07, 6.45) is 7.31. The molecule has 4 unspecified atom stereocenters. The molecule has 190 valence electrons. The topological polar surface area (TPSA) is 81.9 Å². The van der Waals surface area contributed by atoms with Crippen LogP contribution in [-0.4, -0.2) is 57.9 Å². The molecule has 3 aromatic rings. The molecule has 1 spiro atoms. The highest BCUT2D eigenvalue weighted by atomic mass is 16.6. The number of aliphatic hydroxyl groups excluding tert-OH is 1. The molecule has 4 aliphatic rings. The summed E-state index contributed by atoms with van der Waals surface area (Å²) in [5.41, 5.74) is 5.53. The lowest BCUT2D eigenvalue weighted by molar-refractivity contribution is 0.0608. The molecule has 2 aromatic carbocycles. The van der Waals surface area contributed by atoms with Crippen molar-refractivity contribution in [3.63, 3.8) is 0 Å². The third-order valence-electron chi connectivity index (χ3n) is 8.50. The van der Waals surface area contributed by atoms with E-state index in [1.807, 2.05) is 42.6 Å². The van der Waals surface area contributed by atoms with E-state index in [1.165, 1.54) is 16.7 Å². The fourth-order valence-electron chi connectivity index (χ4n) is 6.85. The van der Waals surface area contributed by atoms with Crippen LogP contribution in [0, 0.1) is 0 Å². The monoisotopic (exact) mass is 498 g/mol. The number of hydrogen-bond acceptors (Lipinski definition) is 7. The summed E-state index contributed by atoms with van der Waals surface area (Å²) in [6, 6.07) is 14.1. The van der Waals surface area contributed by atoms with Crippen molar-refractivity contribution in [2.24, 2.45) is 0 Å². The summed E-state index contributed by atoms with van der Waals surface area (Å²) < 4.78 is 19.8. The fourth-order valence-corrected chi connectivity index (χ4v) is 6.85. The summed E-state index contributed by atoms with van der Waals surface area (Å²) in [7, 11) is 3.42.